The summed E-state index contributed by atoms with van der Waals surface area (Å²) in [6.45, 7) is 6.64. The summed E-state index contributed by atoms with van der Waals surface area (Å²) < 4.78 is 1.84. The minimum Gasteiger partial charge on any atom is -0.316 e. The number of hydrogen-bond donors (Lipinski definition) is 1. The Morgan fingerprint density at radius 2 is 2.39 bits per heavy atom. The van der Waals surface area contributed by atoms with Crippen LogP contribution < -0.4 is 5.32 Å². The largest absolute Gasteiger partial charge is 0.316 e. The number of carbonyl (C=O) groups is 1. The molecule has 18 heavy (non-hydrogen) atoms. The molecule has 1 aromatic rings. The van der Waals surface area contributed by atoms with Crippen LogP contribution in [0.15, 0.2) is 0 Å². The highest BCUT2D eigenvalue weighted by atomic mass is 35.5. The lowest BCUT2D eigenvalue weighted by Gasteiger charge is -2.08. The van der Waals surface area contributed by atoms with Crippen LogP contribution in [0, 0.1) is 12.8 Å². The number of rotatable bonds is 5. The minimum absolute atomic E-state index is 0.264. The Morgan fingerprint density at radius 3 is 3.00 bits per heavy atom. The summed E-state index contributed by atoms with van der Waals surface area (Å²) in [5, 5.41) is 8.27. The number of halogens is 1. The average Bonchev–Trinajstić information content (AvgIpc) is 2.92. The Bertz CT molecular complexity index is 436. The second-order valence-electron chi connectivity index (χ2n) is 4.94. The van der Waals surface area contributed by atoms with Gasteiger partial charge in [-0.3, -0.25) is 9.48 Å². The fraction of sp³-hybridized carbons (Fsp3) is 0.692. The number of hydrogen-bond acceptors (Lipinski definition) is 3. The van der Waals surface area contributed by atoms with Crippen molar-refractivity contribution in [2.24, 2.45) is 5.92 Å². The number of aromatic nitrogens is 2. The second kappa shape index (κ2) is 5.85. The standard InChI is InChI=1S/C13H20ClN3O/c1-3-17-12(13(14)9(2)16-17)7-11(18)6-10-4-5-15-8-10/h10,15H,3-8H2,1-2H3. The van der Waals surface area contributed by atoms with E-state index in [0.717, 1.165) is 37.4 Å². The van der Waals surface area contributed by atoms with Crippen molar-refractivity contribution >= 4 is 17.4 Å². The topological polar surface area (TPSA) is 46.9 Å². The van der Waals surface area contributed by atoms with Gasteiger partial charge in [0.2, 0.25) is 0 Å². The third-order valence-corrected chi connectivity index (χ3v) is 3.99. The van der Waals surface area contributed by atoms with Gasteiger partial charge in [-0.2, -0.15) is 5.10 Å². The average molecular weight is 270 g/mol. The number of nitrogens with one attached hydrogen (secondary N) is 1. The zero-order valence-electron chi connectivity index (χ0n) is 11.0. The number of nitrogens with zero attached hydrogens (tertiary/aromatic N) is 2. The molecule has 1 unspecified atom stereocenters. The molecule has 1 saturated heterocycles. The number of Topliss-reactive ketones (excluding diaryl/α,β-unsaturated/α-hetero) is 1. The Kier molecular flexibility index (Phi) is 4.40. The smallest absolute Gasteiger partial charge is 0.139 e. The summed E-state index contributed by atoms with van der Waals surface area (Å²) in [4.78, 5) is 12.1. The van der Waals surface area contributed by atoms with Crippen LogP contribution >= 0.6 is 11.6 Å². The van der Waals surface area contributed by atoms with E-state index in [2.05, 4.69) is 10.4 Å². The molecule has 0 bridgehead atoms. The van der Waals surface area contributed by atoms with Gasteiger partial charge in [0.15, 0.2) is 0 Å². The molecule has 1 fully saturated rings. The van der Waals surface area contributed by atoms with Gasteiger partial charge in [-0.15, -0.1) is 0 Å². The van der Waals surface area contributed by atoms with Crippen LogP contribution in [0.25, 0.3) is 0 Å². The van der Waals surface area contributed by atoms with Gasteiger partial charge in [0.25, 0.3) is 0 Å². The molecule has 0 radical (unpaired) electrons. The summed E-state index contributed by atoms with van der Waals surface area (Å²) in [5.74, 6) is 0.760. The van der Waals surface area contributed by atoms with Crippen LogP contribution in [0.2, 0.25) is 5.02 Å². The summed E-state index contributed by atoms with van der Waals surface area (Å²) in [6, 6.07) is 0. The van der Waals surface area contributed by atoms with Crippen LogP contribution in [-0.2, 0) is 17.8 Å². The Labute approximate surface area is 113 Å². The van der Waals surface area contributed by atoms with Crippen molar-refractivity contribution in [2.75, 3.05) is 13.1 Å². The first-order valence-electron chi connectivity index (χ1n) is 6.56. The fourth-order valence-corrected chi connectivity index (χ4v) is 2.71. The van der Waals surface area contributed by atoms with Crippen molar-refractivity contribution in [3.05, 3.63) is 16.4 Å². The van der Waals surface area contributed by atoms with Crippen molar-refractivity contribution < 1.29 is 4.79 Å². The Morgan fingerprint density at radius 1 is 1.61 bits per heavy atom. The molecule has 5 heteroatoms. The highest BCUT2D eigenvalue weighted by molar-refractivity contribution is 6.32. The SMILES string of the molecule is CCn1nc(C)c(Cl)c1CC(=O)CC1CCNC1. The van der Waals surface area contributed by atoms with Crippen LogP contribution in [0.3, 0.4) is 0 Å². The minimum atomic E-state index is 0.264. The van der Waals surface area contributed by atoms with E-state index in [1.165, 1.54) is 0 Å². The maximum Gasteiger partial charge on any atom is 0.139 e. The molecule has 100 valence electrons. The highest BCUT2D eigenvalue weighted by Gasteiger charge is 2.21. The molecule has 1 aliphatic rings. The lowest BCUT2D eigenvalue weighted by atomic mass is 9.99. The van der Waals surface area contributed by atoms with E-state index in [1.54, 1.807) is 0 Å². The van der Waals surface area contributed by atoms with E-state index in [-0.39, 0.29) is 5.78 Å². The van der Waals surface area contributed by atoms with Gasteiger partial charge in [-0.1, -0.05) is 11.6 Å². The van der Waals surface area contributed by atoms with E-state index in [0.29, 0.717) is 23.8 Å². The maximum absolute atomic E-state index is 12.1. The van der Waals surface area contributed by atoms with Gasteiger partial charge in [-0.05, 0) is 39.3 Å². The Hall–Kier alpha value is -0.870. The summed E-state index contributed by atoms with van der Waals surface area (Å²) in [5.41, 5.74) is 1.68. The number of carbonyl (C=O) groups excluding carboxylic acids is 1. The van der Waals surface area contributed by atoms with Gasteiger partial charge in [0, 0.05) is 19.4 Å². The first-order chi connectivity index (χ1) is 8.61. The normalized spacial score (nSPS) is 19.4. The van der Waals surface area contributed by atoms with Gasteiger partial charge >= 0.3 is 0 Å². The molecule has 0 amide bonds. The first kappa shape index (κ1) is 13.6. The third-order valence-electron chi connectivity index (χ3n) is 3.50. The quantitative estimate of drug-likeness (QED) is 0.889. The maximum atomic E-state index is 12.1. The zero-order chi connectivity index (χ0) is 13.1. The highest BCUT2D eigenvalue weighted by Crippen LogP contribution is 2.22. The molecular weight excluding hydrogens is 250 g/mol. The molecule has 0 spiro atoms. The van der Waals surface area contributed by atoms with Crippen LogP contribution in [-0.4, -0.2) is 28.7 Å². The molecule has 2 rings (SSSR count). The summed E-state index contributed by atoms with van der Waals surface area (Å²) in [6.07, 6.45) is 2.16. The lowest BCUT2D eigenvalue weighted by Crippen LogP contribution is -2.15. The number of aryl methyl sites for hydroxylation is 2. The van der Waals surface area contributed by atoms with Crippen LogP contribution in [0.1, 0.15) is 31.2 Å². The van der Waals surface area contributed by atoms with Crippen LogP contribution in [0.4, 0.5) is 0 Å². The predicted molar refractivity (Wildman–Crippen MR) is 72.0 cm³/mol. The number of ketones is 1. The molecule has 2 heterocycles. The molecular formula is C13H20ClN3O. The molecule has 0 aliphatic carbocycles. The van der Waals surface area contributed by atoms with Crippen LogP contribution in [0.5, 0.6) is 0 Å². The molecule has 4 nitrogen and oxygen atoms in total. The van der Waals surface area contributed by atoms with E-state index in [4.69, 9.17) is 11.6 Å². The van der Waals surface area contributed by atoms with E-state index in [1.807, 2.05) is 18.5 Å². The van der Waals surface area contributed by atoms with Gasteiger partial charge in [0.05, 0.1) is 16.4 Å². The molecule has 0 aromatic carbocycles. The van der Waals surface area contributed by atoms with Gasteiger partial charge in [0.1, 0.15) is 5.78 Å². The van der Waals surface area contributed by atoms with E-state index >= 15 is 0 Å². The second-order valence-corrected chi connectivity index (χ2v) is 5.32. The van der Waals surface area contributed by atoms with E-state index < -0.39 is 0 Å². The third kappa shape index (κ3) is 2.93. The lowest BCUT2D eigenvalue weighted by molar-refractivity contribution is -0.119. The van der Waals surface area contributed by atoms with Crippen molar-refractivity contribution in [1.82, 2.24) is 15.1 Å². The van der Waals surface area contributed by atoms with Gasteiger partial charge < -0.3 is 5.32 Å². The molecule has 1 aromatic heterocycles. The summed E-state index contributed by atoms with van der Waals surface area (Å²) >= 11 is 6.21. The Balaban J connectivity index is 2.01. The first-order valence-corrected chi connectivity index (χ1v) is 6.93. The van der Waals surface area contributed by atoms with Crippen molar-refractivity contribution in [3.8, 4) is 0 Å². The molecule has 1 atom stereocenters. The molecule has 1 aliphatic heterocycles. The molecule has 0 saturated carbocycles. The summed E-state index contributed by atoms with van der Waals surface area (Å²) in [7, 11) is 0. The predicted octanol–water partition coefficient (Wildman–Crippen LogP) is 1.98. The van der Waals surface area contributed by atoms with Crippen molar-refractivity contribution in [2.45, 2.75) is 39.7 Å². The van der Waals surface area contributed by atoms with Crippen molar-refractivity contribution in [3.63, 3.8) is 0 Å². The van der Waals surface area contributed by atoms with Gasteiger partial charge in [-0.25, -0.2) is 0 Å². The molecule has 1 N–H and O–H groups in total. The van der Waals surface area contributed by atoms with E-state index in [9.17, 15) is 4.79 Å². The fourth-order valence-electron chi connectivity index (χ4n) is 2.51. The van der Waals surface area contributed by atoms with Crippen molar-refractivity contribution in [1.29, 1.82) is 0 Å². The zero-order valence-corrected chi connectivity index (χ0v) is 11.8. The monoisotopic (exact) mass is 269 g/mol.